The highest BCUT2D eigenvalue weighted by molar-refractivity contribution is 9.09. The summed E-state index contributed by atoms with van der Waals surface area (Å²) in [5, 5.41) is -1.00. The molecule has 1 unspecified atom stereocenters. The molecule has 1 aliphatic rings. The molecule has 0 aromatic rings. The standard InChI is InChI=1S/C9H11BrO5/c1-2-14-7(12)9(3-4-9)8(13)15-6(10)5-11/h5-6H,2-4H2,1H3. The molecule has 0 N–H and O–H groups in total. The molecule has 0 bridgehead atoms. The number of hydrogen-bond acceptors (Lipinski definition) is 5. The molecule has 1 saturated carbocycles. The second-order valence-electron chi connectivity index (χ2n) is 3.20. The molecule has 0 aliphatic heterocycles. The number of halogens is 1. The van der Waals surface area contributed by atoms with Crippen LogP contribution in [0.1, 0.15) is 19.8 Å². The van der Waals surface area contributed by atoms with E-state index in [1.807, 2.05) is 0 Å². The molecule has 0 saturated heterocycles. The Morgan fingerprint density at radius 2 is 2.07 bits per heavy atom. The van der Waals surface area contributed by atoms with Gasteiger partial charge < -0.3 is 9.47 Å². The van der Waals surface area contributed by atoms with Crippen molar-refractivity contribution in [1.29, 1.82) is 0 Å². The van der Waals surface area contributed by atoms with Crippen LogP contribution < -0.4 is 0 Å². The highest BCUT2D eigenvalue weighted by Crippen LogP contribution is 2.48. The average molecular weight is 279 g/mol. The van der Waals surface area contributed by atoms with Gasteiger partial charge in [0, 0.05) is 0 Å². The predicted octanol–water partition coefficient (Wildman–Crippen LogP) is 0.793. The van der Waals surface area contributed by atoms with E-state index in [2.05, 4.69) is 15.9 Å². The van der Waals surface area contributed by atoms with Crippen molar-refractivity contribution in [2.24, 2.45) is 5.41 Å². The van der Waals surface area contributed by atoms with Crippen molar-refractivity contribution in [2.45, 2.75) is 24.8 Å². The molecule has 0 heterocycles. The van der Waals surface area contributed by atoms with Crippen LogP contribution in [-0.2, 0) is 23.9 Å². The van der Waals surface area contributed by atoms with Crippen molar-refractivity contribution in [3.8, 4) is 0 Å². The van der Waals surface area contributed by atoms with Gasteiger partial charge in [-0.05, 0) is 35.7 Å². The summed E-state index contributed by atoms with van der Waals surface area (Å²) in [6, 6.07) is 0. The lowest BCUT2D eigenvalue weighted by molar-refractivity contribution is -0.165. The Labute approximate surface area is 95.2 Å². The number of esters is 2. The quantitative estimate of drug-likeness (QED) is 0.322. The van der Waals surface area contributed by atoms with Gasteiger partial charge in [-0.2, -0.15) is 0 Å². The first kappa shape index (κ1) is 12.2. The first-order valence-corrected chi connectivity index (χ1v) is 5.46. The summed E-state index contributed by atoms with van der Waals surface area (Å²) in [7, 11) is 0. The van der Waals surface area contributed by atoms with Crippen LogP contribution >= 0.6 is 15.9 Å². The van der Waals surface area contributed by atoms with Gasteiger partial charge in [0.25, 0.3) is 0 Å². The number of aldehydes is 1. The van der Waals surface area contributed by atoms with Crippen molar-refractivity contribution in [1.82, 2.24) is 0 Å². The van der Waals surface area contributed by atoms with E-state index < -0.39 is 22.4 Å². The Kier molecular flexibility index (Phi) is 3.84. The summed E-state index contributed by atoms with van der Waals surface area (Å²) in [6.45, 7) is 1.89. The maximum absolute atomic E-state index is 11.5. The van der Waals surface area contributed by atoms with E-state index in [9.17, 15) is 14.4 Å². The van der Waals surface area contributed by atoms with Crippen molar-refractivity contribution in [3.05, 3.63) is 0 Å². The molecule has 1 atom stereocenters. The summed E-state index contributed by atoms with van der Waals surface area (Å²) < 4.78 is 9.47. The maximum atomic E-state index is 11.5. The predicted molar refractivity (Wildman–Crippen MR) is 53.2 cm³/mol. The van der Waals surface area contributed by atoms with Crippen LogP contribution in [0.3, 0.4) is 0 Å². The smallest absolute Gasteiger partial charge is 0.325 e. The number of carbonyl (C=O) groups excluding carboxylic acids is 3. The second kappa shape index (κ2) is 4.74. The van der Waals surface area contributed by atoms with E-state index in [0.29, 0.717) is 19.1 Å². The van der Waals surface area contributed by atoms with Crippen LogP contribution in [0.2, 0.25) is 0 Å². The summed E-state index contributed by atoms with van der Waals surface area (Å²) in [4.78, 5) is 33.2. The van der Waals surface area contributed by atoms with E-state index in [1.54, 1.807) is 6.92 Å². The molecular weight excluding hydrogens is 268 g/mol. The molecule has 0 spiro atoms. The number of ether oxygens (including phenoxy) is 2. The molecule has 5 nitrogen and oxygen atoms in total. The van der Waals surface area contributed by atoms with Crippen molar-refractivity contribution in [2.75, 3.05) is 6.61 Å². The minimum absolute atomic E-state index is 0.222. The van der Waals surface area contributed by atoms with E-state index in [1.165, 1.54) is 0 Å². The molecule has 0 aromatic carbocycles. The topological polar surface area (TPSA) is 69.7 Å². The molecule has 84 valence electrons. The molecular formula is C9H11BrO5. The van der Waals surface area contributed by atoms with E-state index in [4.69, 9.17) is 9.47 Å². The minimum atomic E-state index is -1.16. The third-order valence-corrected chi connectivity index (χ3v) is 2.54. The minimum Gasteiger partial charge on any atom is -0.465 e. The molecule has 0 amide bonds. The normalized spacial score (nSPS) is 18.8. The molecule has 0 aromatic heterocycles. The summed E-state index contributed by atoms with van der Waals surface area (Å²) >= 11 is 2.82. The highest BCUT2D eigenvalue weighted by atomic mass is 79.9. The van der Waals surface area contributed by atoms with Gasteiger partial charge in [0.15, 0.2) is 11.7 Å². The van der Waals surface area contributed by atoms with Crippen LogP contribution in [0.15, 0.2) is 0 Å². The van der Waals surface area contributed by atoms with Gasteiger partial charge in [-0.3, -0.25) is 14.4 Å². The zero-order valence-corrected chi connectivity index (χ0v) is 9.78. The van der Waals surface area contributed by atoms with Gasteiger partial charge in [0.05, 0.1) is 6.61 Å². The van der Waals surface area contributed by atoms with Gasteiger partial charge in [-0.15, -0.1) is 0 Å². The first-order chi connectivity index (χ1) is 7.06. The zero-order valence-electron chi connectivity index (χ0n) is 8.20. The van der Waals surface area contributed by atoms with E-state index in [-0.39, 0.29) is 6.61 Å². The summed E-state index contributed by atoms with van der Waals surface area (Å²) in [5.41, 5.74) is -1.16. The maximum Gasteiger partial charge on any atom is 0.325 e. The molecule has 0 radical (unpaired) electrons. The van der Waals surface area contributed by atoms with E-state index in [0.717, 1.165) is 0 Å². The van der Waals surface area contributed by atoms with Gasteiger partial charge in [0.2, 0.25) is 5.01 Å². The van der Waals surface area contributed by atoms with Gasteiger partial charge in [-0.25, -0.2) is 0 Å². The third-order valence-electron chi connectivity index (χ3n) is 2.13. The van der Waals surface area contributed by atoms with Crippen molar-refractivity contribution < 1.29 is 23.9 Å². The fourth-order valence-electron chi connectivity index (χ4n) is 1.13. The molecule has 1 rings (SSSR count). The average Bonchev–Trinajstić information content (AvgIpc) is 2.98. The zero-order chi connectivity index (χ0) is 11.5. The van der Waals surface area contributed by atoms with Gasteiger partial charge >= 0.3 is 11.9 Å². The Bertz CT molecular complexity index is 284. The van der Waals surface area contributed by atoms with Crippen molar-refractivity contribution >= 4 is 34.2 Å². The summed E-state index contributed by atoms with van der Waals surface area (Å²) in [6.07, 6.45) is 1.27. The number of rotatable bonds is 5. The Morgan fingerprint density at radius 3 is 2.47 bits per heavy atom. The lowest BCUT2D eigenvalue weighted by atomic mass is 10.1. The molecule has 6 heteroatoms. The van der Waals surface area contributed by atoms with Crippen molar-refractivity contribution in [3.63, 3.8) is 0 Å². The van der Waals surface area contributed by atoms with Crippen LogP contribution in [0.5, 0.6) is 0 Å². The largest absolute Gasteiger partial charge is 0.465 e. The number of carbonyl (C=O) groups is 3. The third kappa shape index (κ3) is 2.56. The Hall–Kier alpha value is -0.910. The van der Waals surface area contributed by atoms with E-state index >= 15 is 0 Å². The second-order valence-corrected chi connectivity index (χ2v) is 4.10. The van der Waals surface area contributed by atoms with Crippen LogP contribution in [0.4, 0.5) is 0 Å². The SMILES string of the molecule is CCOC(=O)C1(C(=O)OC(Br)C=O)CC1. The monoisotopic (exact) mass is 278 g/mol. The van der Waals surface area contributed by atoms with Crippen LogP contribution in [0, 0.1) is 5.41 Å². The van der Waals surface area contributed by atoms with Crippen LogP contribution in [-0.4, -0.2) is 29.8 Å². The van der Waals surface area contributed by atoms with Crippen LogP contribution in [0.25, 0.3) is 0 Å². The first-order valence-electron chi connectivity index (χ1n) is 4.54. The fourth-order valence-corrected chi connectivity index (χ4v) is 1.30. The number of hydrogen-bond donors (Lipinski definition) is 0. The lowest BCUT2D eigenvalue weighted by Crippen LogP contribution is -2.31. The molecule has 1 aliphatic carbocycles. The van der Waals surface area contributed by atoms with Gasteiger partial charge in [-0.1, -0.05) is 0 Å². The fraction of sp³-hybridized carbons (Fsp3) is 0.667. The Balaban J connectivity index is 2.58. The molecule has 1 fully saturated rings. The number of alkyl halides is 1. The Morgan fingerprint density at radius 1 is 1.47 bits per heavy atom. The molecule has 15 heavy (non-hydrogen) atoms. The highest BCUT2D eigenvalue weighted by Gasteiger charge is 2.59. The lowest BCUT2D eigenvalue weighted by Gasteiger charge is -2.13. The summed E-state index contributed by atoms with van der Waals surface area (Å²) in [5.74, 6) is -1.27. The van der Waals surface area contributed by atoms with Gasteiger partial charge in [0.1, 0.15) is 0 Å².